The van der Waals surface area contributed by atoms with Gasteiger partial charge in [0.15, 0.2) is 0 Å². The van der Waals surface area contributed by atoms with Crippen molar-refractivity contribution < 1.29 is 14.2 Å². The fourth-order valence-corrected chi connectivity index (χ4v) is 1.84. The monoisotopic (exact) mass is 311 g/mol. The average Bonchev–Trinajstić information content (AvgIpc) is 2.32. The fraction of sp³-hybridized carbons (Fsp3) is 0.0769. The van der Waals surface area contributed by atoms with Crippen molar-refractivity contribution >= 4 is 21.6 Å². The zero-order valence-corrected chi connectivity index (χ0v) is 10.9. The van der Waals surface area contributed by atoms with Gasteiger partial charge in [0, 0.05) is 6.07 Å². The highest BCUT2D eigenvalue weighted by atomic mass is 79.9. The lowest BCUT2D eigenvalue weighted by Crippen LogP contribution is -1.99. The first-order chi connectivity index (χ1) is 8.56. The molecule has 0 atom stereocenters. The molecule has 0 saturated carbocycles. The van der Waals surface area contributed by atoms with Crippen molar-refractivity contribution in [1.29, 1.82) is 0 Å². The minimum atomic E-state index is -0.435. The van der Waals surface area contributed by atoms with Crippen LogP contribution in [-0.2, 0) is 6.61 Å². The largest absolute Gasteiger partial charge is 0.508 e. The van der Waals surface area contributed by atoms with Gasteiger partial charge in [0.05, 0.1) is 10.2 Å². The normalized spacial score (nSPS) is 10.3. The van der Waals surface area contributed by atoms with Gasteiger partial charge in [-0.2, -0.15) is 0 Å². The summed E-state index contributed by atoms with van der Waals surface area (Å²) >= 11 is 3.04. The average molecular weight is 312 g/mol. The Bertz CT molecular complexity index is 575. The summed E-state index contributed by atoms with van der Waals surface area (Å²) < 4.78 is 19.0. The van der Waals surface area contributed by atoms with Crippen LogP contribution in [-0.4, -0.2) is 5.11 Å². The van der Waals surface area contributed by atoms with Crippen LogP contribution in [0.15, 0.2) is 40.9 Å². The molecule has 0 aliphatic carbocycles. The zero-order valence-electron chi connectivity index (χ0n) is 9.36. The van der Waals surface area contributed by atoms with E-state index in [2.05, 4.69) is 15.9 Å². The number of hydrogen-bond donors (Lipinski definition) is 2. The molecule has 3 N–H and O–H groups in total. The maximum Gasteiger partial charge on any atom is 0.145 e. The van der Waals surface area contributed by atoms with E-state index in [9.17, 15) is 9.50 Å². The highest BCUT2D eigenvalue weighted by molar-refractivity contribution is 9.10. The number of phenols is 1. The van der Waals surface area contributed by atoms with E-state index < -0.39 is 5.82 Å². The van der Waals surface area contributed by atoms with Crippen molar-refractivity contribution in [2.45, 2.75) is 6.61 Å². The highest BCUT2D eigenvalue weighted by Gasteiger charge is 2.07. The maximum absolute atomic E-state index is 13.3. The summed E-state index contributed by atoms with van der Waals surface area (Å²) in [4.78, 5) is 0. The van der Waals surface area contributed by atoms with Gasteiger partial charge in [-0.25, -0.2) is 4.39 Å². The maximum atomic E-state index is 13.3. The predicted octanol–water partition coefficient (Wildman–Crippen LogP) is 3.46. The lowest BCUT2D eigenvalue weighted by Gasteiger charge is -2.10. The van der Waals surface area contributed by atoms with Gasteiger partial charge in [0.1, 0.15) is 23.9 Å². The van der Waals surface area contributed by atoms with Gasteiger partial charge in [0.25, 0.3) is 0 Å². The third-order valence-electron chi connectivity index (χ3n) is 2.36. The zero-order chi connectivity index (χ0) is 13.1. The van der Waals surface area contributed by atoms with E-state index in [0.717, 1.165) is 5.56 Å². The Balaban J connectivity index is 2.13. The topological polar surface area (TPSA) is 55.5 Å². The summed E-state index contributed by atoms with van der Waals surface area (Å²) in [5.74, 6) is 0.000195. The van der Waals surface area contributed by atoms with E-state index >= 15 is 0 Å². The van der Waals surface area contributed by atoms with Gasteiger partial charge in [-0.05, 0) is 39.7 Å². The Morgan fingerprint density at radius 2 is 2.06 bits per heavy atom. The first kappa shape index (κ1) is 12.7. The first-order valence-electron chi connectivity index (χ1n) is 5.21. The molecule has 0 aliphatic heterocycles. The van der Waals surface area contributed by atoms with E-state index in [4.69, 9.17) is 10.5 Å². The second-order valence-electron chi connectivity index (χ2n) is 3.76. The van der Waals surface area contributed by atoms with Crippen LogP contribution in [0.25, 0.3) is 0 Å². The van der Waals surface area contributed by atoms with E-state index in [-0.39, 0.29) is 18.1 Å². The van der Waals surface area contributed by atoms with Crippen molar-refractivity contribution in [3.8, 4) is 11.5 Å². The van der Waals surface area contributed by atoms with Crippen LogP contribution in [0.2, 0.25) is 0 Å². The van der Waals surface area contributed by atoms with Gasteiger partial charge >= 0.3 is 0 Å². The Morgan fingerprint density at radius 3 is 2.78 bits per heavy atom. The third kappa shape index (κ3) is 2.92. The van der Waals surface area contributed by atoms with Crippen LogP contribution in [0.5, 0.6) is 11.5 Å². The predicted molar refractivity (Wildman–Crippen MR) is 71.0 cm³/mol. The molecule has 0 spiro atoms. The van der Waals surface area contributed by atoms with Crippen molar-refractivity contribution in [2.75, 3.05) is 5.73 Å². The van der Waals surface area contributed by atoms with Gasteiger partial charge < -0.3 is 15.6 Å². The quantitative estimate of drug-likeness (QED) is 0.854. The van der Waals surface area contributed by atoms with Gasteiger partial charge in [-0.1, -0.05) is 12.1 Å². The molecule has 2 rings (SSSR count). The number of ether oxygens (including phenoxy) is 1. The van der Waals surface area contributed by atoms with Crippen LogP contribution in [0.1, 0.15) is 5.56 Å². The summed E-state index contributed by atoms with van der Waals surface area (Å²) in [7, 11) is 0. The Morgan fingerprint density at radius 1 is 1.28 bits per heavy atom. The number of hydrogen-bond acceptors (Lipinski definition) is 3. The number of aromatic hydroxyl groups is 1. The van der Waals surface area contributed by atoms with Crippen molar-refractivity contribution in [2.24, 2.45) is 0 Å². The Kier molecular flexibility index (Phi) is 3.72. The molecular formula is C13H11BrFNO2. The number of rotatable bonds is 3. The molecule has 0 saturated heterocycles. The number of halogens is 2. The van der Waals surface area contributed by atoms with Crippen molar-refractivity contribution in [3.05, 3.63) is 52.3 Å². The molecule has 0 unspecified atom stereocenters. The lowest BCUT2D eigenvalue weighted by atomic mass is 10.2. The van der Waals surface area contributed by atoms with Crippen molar-refractivity contribution in [3.63, 3.8) is 0 Å². The lowest BCUT2D eigenvalue weighted by molar-refractivity contribution is 0.305. The minimum Gasteiger partial charge on any atom is -0.508 e. The molecular weight excluding hydrogens is 301 g/mol. The smallest absolute Gasteiger partial charge is 0.145 e. The molecule has 3 nitrogen and oxygen atoms in total. The summed E-state index contributed by atoms with van der Waals surface area (Å²) in [5.41, 5.74) is 6.84. The summed E-state index contributed by atoms with van der Waals surface area (Å²) in [6, 6.07) is 9.32. The molecule has 94 valence electrons. The van der Waals surface area contributed by atoms with E-state index in [0.29, 0.717) is 10.2 Å². The molecule has 0 heterocycles. The standard InChI is InChI=1S/C13H11BrFNO2/c14-10-5-12(16)13(6-11(10)15)18-7-8-2-1-3-9(17)4-8/h1-6,17H,7,16H2. The molecule has 0 aromatic heterocycles. The van der Waals surface area contributed by atoms with Crippen LogP contribution < -0.4 is 10.5 Å². The number of anilines is 1. The minimum absolute atomic E-state index is 0.158. The summed E-state index contributed by atoms with van der Waals surface area (Å²) in [6.45, 7) is 0.208. The molecule has 5 heteroatoms. The molecule has 0 bridgehead atoms. The highest BCUT2D eigenvalue weighted by Crippen LogP contribution is 2.29. The SMILES string of the molecule is Nc1cc(Br)c(F)cc1OCc1cccc(O)c1. The first-order valence-corrected chi connectivity index (χ1v) is 6.01. The molecule has 0 aliphatic rings. The second kappa shape index (κ2) is 5.27. The van der Waals surface area contributed by atoms with E-state index in [1.165, 1.54) is 12.1 Å². The Hall–Kier alpha value is -1.75. The van der Waals surface area contributed by atoms with E-state index in [1.807, 2.05) is 0 Å². The van der Waals surface area contributed by atoms with Crippen LogP contribution >= 0.6 is 15.9 Å². The van der Waals surface area contributed by atoms with E-state index in [1.54, 1.807) is 24.3 Å². The van der Waals surface area contributed by atoms with Gasteiger partial charge in [0.2, 0.25) is 0 Å². The fourth-order valence-electron chi connectivity index (χ4n) is 1.48. The number of phenolic OH excluding ortho intramolecular Hbond substituents is 1. The molecule has 0 amide bonds. The molecule has 2 aromatic rings. The molecule has 0 fully saturated rings. The summed E-state index contributed by atoms with van der Waals surface area (Å²) in [6.07, 6.45) is 0. The van der Waals surface area contributed by atoms with Crippen LogP contribution in [0.4, 0.5) is 10.1 Å². The number of benzene rings is 2. The Labute approximate surface area is 112 Å². The summed E-state index contributed by atoms with van der Waals surface area (Å²) in [5, 5.41) is 9.30. The van der Waals surface area contributed by atoms with Crippen LogP contribution in [0.3, 0.4) is 0 Å². The molecule has 2 aromatic carbocycles. The van der Waals surface area contributed by atoms with Crippen LogP contribution in [0, 0.1) is 5.82 Å². The third-order valence-corrected chi connectivity index (χ3v) is 2.97. The molecule has 0 radical (unpaired) electrons. The number of nitrogens with two attached hydrogens (primary N) is 1. The molecule has 18 heavy (non-hydrogen) atoms. The number of nitrogen functional groups attached to an aromatic ring is 1. The van der Waals surface area contributed by atoms with Gasteiger partial charge in [-0.15, -0.1) is 0 Å². The van der Waals surface area contributed by atoms with Crippen molar-refractivity contribution in [1.82, 2.24) is 0 Å². The van der Waals surface area contributed by atoms with Gasteiger partial charge in [-0.3, -0.25) is 0 Å². The second-order valence-corrected chi connectivity index (χ2v) is 4.62.